The zero-order valence-corrected chi connectivity index (χ0v) is 14.8. The number of amides is 1. The van der Waals surface area contributed by atoms with Crippen LogP contribution in [0.2, 0.25) is 0 Å². The Morgan fingerprint density at radius 2 is 1.56 bits per heavy atom. The topological polar surface area (TPSA) is 58.6 Å². The summed E-state index contributed by atoms with van der Waals surface area (Å²) in [4.78, 5) is 12.0. The van der Waals surface area contributed by atoms with E-state index < -0.39 is 5.60 Å². The molecule has 0 fully saturated rings. The Labute approximate surface area is 148 Å². The minimum atomic E-state index is -0.784. The summed E-state index contributed by atoms with van der Waals surface area (Å²) in [5.74, 6) is 6.79. The maximum absolute atomic E-state index is 12.0. The Kier molecular flexibility index (Phi) is 6.21. The molecule has 4 nitrogen and oxygen atoms in total. The molecule has 0 aliphatic carbocycles. The van der Waals surface area contributed by atoms with E-state index in [1.165, 1.54) is 0 Å². The number of ether oxygens (including phenoxy) is 1. The van der Waals surface area contributed by atoms with Crippen molar-refractivity contribution in [1.29, 1.82) is 0 Å². The van der Waals surface area contributed by atoms with Crippen molar-refractivity contribution in [3.8, 4) is 17.6 Å². The molecule has 2 aromatic rings. The number of carbonyl (C=O) groups excluding carboxylic acids is 1. The molecule has 130 valence electrons. The Balaban J connectivity index is 1.95. The molecule has 0 radical (unpaired) electrons. The Morgan fingerprint density at radius 1 is 1.04 bits per heavy atom. The standard InChI is InChI=1S/C21H23NO3/c1-21(2,24)14-15-22-20(23)18-10-6-16(7-11-18)4-5-17-8-12-19(25-3)13-9-17/h6-13,24H,14-15H2,1-3H3,(H,22,23). The molecule has 0 aliphatic heterocycles. The quantitative estimate of drug-likeness (QED) is 0.825. The average molecular weight is 337 g/mol. The number of hydrogen-bond acceptors (Lipinski definition) is 3. The summed E-state index contributed by atoms with van der Waals surface area (Å²) in [6, 6.07) is 14.7. The first-order valence-electron chi connectivity index (χ1n) is 8.14. The van der Waals surface area contributed by atoms with Crippen molar-refractivity contribution < 1.29 is 14.6 Å². The van der Waals surface area contributed by atoms with E-state index in [1.807, 2.05) is 36.4 Å². The molecular weight excluding hydrogens is 314 g/mol. The van der Waals surface area contributed by atoms with Crippen LogP contribution < -0.4 is 10.1 Å². The number of aliphatic hydroxyl groups is 1. The lowest BCUT2D eigenvalue weighted by Gasteiger charge is -2.16. The molecule has 0 heterocycles. The lowest BCUT2D eigenvalue weighted by molar-refractivity contribution is 0.0693. The molecular formula is C21H23NO3. The van der Waals surface area contributed by atoms with Crippen LogP contribution in [0.1, 0.15) is 41.8 Å². The summed E-state index contributed by atoms with van der Waals surface area (Å²) >= 11 is 0. The van der Waals surface area contributed by atoms with Crippen LogP contribution in [0, 0.1) is 11.8 Å². The molecule has 0 unspecified atom stereocenters. The van der Waals surface area contributed by atoms with Crippen molar-refractivity contribution in [2.45, 2.75) is 25.9 Å². The lowest BCUT2D eigenvalue weighted by Crippen LogP contribution is -2.30. The van der Waals surface area contributed by atoms with Crippen LogP contribution in [-0.4, -0.2) is 30.3 Å². The Morgan fingerprint density at radius 3 is 2.04 bits per heavy atom. The van der Waals surface area contributed by atoms with Gasteiger partial charge in [-0.25, -0.2) is 0 Å². The SMILES string of the molecule is COc1ccc(C#Cc2ccc(C(=O)NCCC(C)(C)O)cc2)cc1. The van der Waals surface area contributed by atoms with Crippen molar-refractivity contribution in [2.24, 2.45) is 0 Å². The van der Waals surface area contributed by atoms with Gasteiger partial charge in [0.15, 0.2) is 0 Å². The fourth-order valence-corrected chi connectivity index (χ4v) is 2.11. The number of rotatable bonds is 5. The average Bonchev–Trinajstić information content (AvgIpc) is 2.59. The van der Waals surface area contributed by atoms with Crippen LogP contribution in [0.5, 0.6) is 5.75 Å². The lowest BCUT2D eigenvalue weighted by atomic mass is 10.1. The minimum Gasteiger partial charge on any atom is -0.497 e. The first-order valence-corrected chi connectivity index (χ1v) is 8.14. The van der Waals surface area contributed by atoms with Gasteiger partial charge in [0.1, 0.15) is 5.75 Å². The van der Waals surface area contributed by atoms with E-state index in [0.29, 0.717) is 18.5 Å². The molecule has 1 amide bonds. The van der Waals surface area contributed by atoms with Crippen LogP contribution in [0.15, 0.2) is 48.5 Å². The summed E-state index contributed by atoms with van der Waals surface area (Å²) in [7, 11) is 1.63. The molecule has 2 rings (SSSR count). The second-order valence-electron chi connectivity index (χ2n) is 6.37. The van der Waals surface area contributed by atoms with E-state index >= 15 is 0 Å². The third-order valence-electron chi connectivity index (χ3n) is 3.61. The highest BCUT2D eigenvalue weighted by atomic mass is 16.5. The van der Waals surface area contributed by atoms with E-state index in [1.54, 1.807) is 33.1 Å². The van der Waals surface area contributed by atoms with Gasteiger partial charge in [-0.3, -0.25) is 4.79 Å². The van der Waals surface area contributed by atoms with E-state index in [4.69, 9.17) is 4.74 Å². The summed E-state index contributed by atoms with van der Waals surface area (Å²) in [6.07, 6.45) is 0.504. The predicted molar refractivity (Wildman–Crippen MR) is 98.7 cm³/mol. The van der Waals surface area contributed by atoms with Crippen LogP contribution in [0.3, 0.4) is 0 Å². The first-order chi connectivity index (χ1) is 11.9. The zero-order valence-electron chi connectivity index (χ0n) is 14.8. The van der Waals surface area contributed by atoms with Gasteiger partial charge in [0.05, 0.1) is 12.7 Å². The van der Waals surface area contributed by atoms with Crippen LogP contribution in [-0.2, 0) is 0 Å². The van der Waals surface area contributed by atoms with E-state index in [9.17, 15) is 9.90 Å². The maximum atomic E-state index is 12.0. The van der Waals surface area contributed by atoms with E-state index in [2.05, 4.69) is 17.2 Å². The molecule has 2 N–H and O–H groups in total. The second-order valence-corrected chi connectivity index (χ2v) is 6.37. The molecule has 0 aromatic heterocycles. The predicted octanol–water partition coefficient (Wildman–Crippen LogP) is 2.99. The Hall–Kier alpha value is -2.77. The molecule has 2 aromatic carbocycles. The van der Waals surface area contributed by atoms with Crippen molar-refractivity contribution >= 4 is 5.91 Å². The smallest absolute Gasteiger partial charge is 0.251 e. The highest BCUT2D eigenvalue weighted by molar-refractivity contribution is 5.94. The Bertz CT molecular complexity index is 760. The molecule has 0 saturated heterocycles. The molecule has 4 heteroatoms. The molecule has 0 atom stereocenters. The maximum Gasteiger partial charge on any atom is 0.251 e. The van der Waals surface area contributed by atoms with Gasteiger partial charge < -0.3 is 15.2 Å². The first kappa shape index (κ1) is 18.6. The van der Waals surface area contributed by atoms with Crippen molar-refractivity contribution in [3.05, 3.63) is 65.2 Å². The van der Waals surface area contributed by atoms with Gasteiger partial charge in [0, 0.05) is 23.2 Å². The fourth-order valence-electron chi connectivity index (χ4n) is 2.11. The highest BCUT2D eigenvalue weighted by Gasteiger charge is 2.12. The molecule has 25 heavy (non-hydrogen) atoms. The number of hydrogen-bond donors (Lipinski definition) is 2. The number of nitrogens with one attached hydrogen (secondary N) is 1. The van der Waals surface area contributed by atoms with Gasteiger partial charge in [0.2, 0.25) is 0 Å². The van der Waals surface area contributed by atoms with Gasteiger partial charge in [-0.2, -0.15) is 0 Å². The number of methoxy groups -OCH3 is 1. The third kappa shape index (κ3) is 6.33. The third-order valence-corrected chi connectivity index (χ3v) is 3.61. The highest BCUT2D eigenvalue weighted by Crippen LogP contribution is 2.11. The van der Waals surface area contributed by atoms with E-state index in [-0.39, 0.29) is 5.91 Å². The fraction of sp³-hybridized carbons (Fsp3) is 0.286. The molecule has 0 bridgehead atoms. The second kappa shape index (κ2) is 8.36. The van der Waals surface area contributed by atoms with Crippen LogP contribution in [0.4, 0.5) is 0 Å². The molecule has 0 saturated carbocycles. The van der Waals surface area contributed by atoms with Crippen molar-refractivity contribution in [2.75, 3.05) is 13.7 Å². The normalized spacial score (nSPS) is 10.6. The largest absolute Gasteiger partial charge is 0.497 e. The van der Waals surface area contributed by atoms with Gasteiger partial charge >= 0.3 is 0 Å². The van der Waals surface area contributed by atoms with Crippen LogP contribution in [0.25, 0.3) is 0 Å². The summed E-state index contributed by atoms with van der Waals surface area (Å²) in [6.45, 7) is 3.87. The molecule has 0 aliphatic rings. The summed E-state index contributed by atoms with van der Waals surface area (Å²) in [5, 5.41) is 12.4. The summed E-state index contributed by atoms with van der Waals surface area (Å²) < 4.78 is 5.11. The molecule has 0 spiro atoms. The number of benzene rings is 2. The van der Waals surface area contributed by atoms with Crippen LogP contribution >= 0.6 is 0 Å². The van der Waals surface area contributed by atoms with E-state index in [0.717, 1.165) is 16.9 Å². The zero-order chi connectivity index (χ0) is 18.3. The van der Waals surface area contributed by atoms with Gasteiger partial charge in [-0.15, -0.1) is 0 Å². The monoisotopic (exact) mass is 337 g/mol. The number of carbonyl (C=O) groups is 1. The summed E-state index contributed by atoms with van der Waals surface area (Å²) in [5.41, 5.74) is 1.53. The van der Waals surface area contributed by atoms with Gasteiger partial charge in [-0.1, -0.05) is 11.8 Å². The van der Waals surface area contributed by atoms with Gasteiger partial charge in [-0.05, 0) is 68.8 Å². The van der Waals surface area contributed by atoms with Crippen molar-refractivity contribution in [1.82, 2.24) is 5.32 Å². The van der Waals surface area contributed by atoms with Gasteiger partial charge in [0.25, 0.3) is 5.91 Å². The minimum absolute atomic E-state index is 0.154. The van der Waals surface area contributed by atoms with Crippen molar-refractivity contribution in [3.63, 3.8) is 0 Å².